The lowest BCUT2D eigenvalue weighted by molar-refractivity contribution is 0.0951. The second-order valence-electron chi connectivity index (χ2n) is 6.75. The molecular formula is C19H18FN3O3S2. The number of thioether (sulfide) groups is 1. The van der Waals surface area contributed by atoms with Crippen LogP contribution < -0.4 is 10.6 Å². The van der Waals surface area contributed by atoms with E-state index < -0.39 is 9.84 Å². The molecule has 4 rings (SSSR count). The smallest absolute Gasteiger partial charge is 0.251 e. The maximum absolute atomic E-state index is 12.9. The topological polar surface area (TPSA) is 87.6 Å². The van der Waals surface area contributed by atoms with Gasteiger partial charge in [0.1, 0.15) is 5.82 Å². The Hall–Kier alpha value is -2.39. The Morgan fingerprint density at radius 1 is 1.18 bits per heavy atom. The zero-order chi connectivity index (χ0) is 19.7. The van der Waals surface area contributed by atoms with Crippen molar-refractivity contribution >= 4 is 38.4 Å². The molecule has 6 nitrogen and oxygen atoms in total. The molecule has 1 fully saturated rings. The molecule has 9 heteroatoms. The molecule has 1 saturated heterocycles. The summed E-state index contributed by atoms with van der Waals surface area (Å²) < 4.78 is 36.2. The molecule has 2 heterocycles. The number of carbonyl (C=O) groups excluding carboxylic acids is 1. The predicted molar refractivity (Wildman–Crippen MR) is 109 cm³/mol. The highest BCUT2D eigenvalue weighted by atomic mass is 32.2. The minimum Gasteiger partial charge on any atom is -0.348 e. The summed E-state index contributed by atoms with van der Waals surface area (Å²) in [6, 6.07) is 12.8. The number of hydrogen-bond acceptors (Lipinski definition) is 6. The van der Waals surface area contributed by atoms with Gasteiger partial charge in [-0.1, -0.05) is 30.0 Å². The lowest BCUT2D eigenvalue weighted by Gasteiger charge is -2.09. The Kier molecular flexibility index (Phi) is 5.11. The van der Waals surface area contributed by atoms with E-state index in [2.05, 4.69) is 15.6 Å². The molecule has 2 aromatic carbocycles. The van der Waals surface area contributed by atoms with E-state index in [-0.39, 0.29) is 34.5 Å². The van der Waals surface area contributed by atoms with E-state index in [0.29, 0.717) is 23.0 Å². The number of aliphatic imine (C=N–C) groups is 1. The van der Waals surface area contributed by atoms with Gasteiger partial charge in [-0.05, 0) is 35.9 Å². The minimum atomic E-state index is -2.98. The average molecular weight is 420 g/mol. The largest absolute Gasteiger partial charge is 0.348 e. The Labute approximate surface area is 166 Å². The quantitative estimate of drug-likeness (QED) is 0.795. The minimum absolute atomic E-state index is 0.0327. The van der Waals surface area contributed by atoms with Crippen molar-refractivity contribution in [1.82, 2.24) is 5.32 Å². The molecule has 0 bridgehead atoms. The van der Waals surface area contributed by atoms with Crippen molar-refractivity contribution in [3.8, 4) is 0 Å². The van der Waals surface area contributed by atoms with Gasteiger partial charge in [-0.3, -0.25) is 9.79 Å². The maximum Gasteiger partial charge on any atom is 0.251 e. The van der Waals surface area contributed by atoms with Gasteiger partial charge in [-0.15, -0.1) is 0 Å². The summed E-state index contributed by atoms with van der Waals surface area (Å²) >= 11 is 1.43. The van der Waals surface area contributed by atoms with Crippen molar-refractivity contribution < 1.29 is 17.6 Å². The lowest BCUT2D eigenvalue weighted by Crippen LogP contribution is -2.23. The van der Waals surface area contributed by atoms with E-state index in [9.17, 15) is 17.6 Å². The highest BCUT2D eigenvalue weighted by Crippen LogP contribution is 2.34. The van der Waals surface area contributed by atoms with Crippen LogP contribution in [0.3, 0.4) is 0 Å². The number of fused-ring (bicyclic) bond motifs is 1. The Morgan fingerprint density at radius 3 is 2.71 bits per heavy atom. The number of amidine groups is 1. The highest BCUT2D eigenvalue weighted by Gasteiger charge is 2.42. The van der Waals surface area contributed by atoms with Gasteiger partial charge in [0.05, 0.1) is 17.5 Å². The molecule has 2 aromatic rings. The molecule has 1 amide bonds. The average Bonchev–Trinajstić information content (AvgIpc) is 3.13. The van der Waals surface area contributed by atoms with Crippen LogP contribution in [0.2, 0.25) is 0 Å². The second kappa shape index (κ2) is 7.56. The van der Waals surface area contributed by atoms with Gasteiger partial charge < -0.3 is 10.6 Å². The fraction of sp³-hybridized carbons (Fsp3) is 0.263. The molecule has 146 valence electrons. The third kappa shape index (κ3) is 4.36. The molecule has 2 N–H and O–H groups in total. The fourth-order valence-electron chi connectivity index (χ4n) is 3.16. The number of benzene rings is 2. The number of sulfone groups is 1. The molecule has 0 saturated carbocycles. The number of nitrogens with one attached hydrogen (secondary N) is 2. The molecule has 2 aliphatic rings. The summed E-state index contributed by atoms with van der Waals surface area (Å²) in [5, 5.41) is 6.62. The number of halogens is 1. The number of amides is 1. The third-order valence-corrected chi connectivity index (χ3v) is 7.70. The van der Waals surface area contributed by atoms with Gasteiger partial charge in [-0.2, -0.15) is 0 Å². The molecule has 0 radical (unpaired) electrons. The first kappa shape index (κ1) is 18.9. The summed E-state index contributed by atoms with van der Waals surface area (Å²) in [6.07, 6.45) is 0. The van der Waals surface area contributed by atoms with Gasteiger partial charge in [0.15, 0.2) is 15.0 Å². The second-order valence-corrected chi connectivity index (χ2v) is 10.1. The van der Waals surface area contributed by atoms with Crippen LogP contribution in [0.1, 0.15) is 15.9 Å². The van der Waals surface area contributed by atoms with Gasteiger partial charge in [0, 0.05) is 23.0 Å². The van der Waals surface area contributed by atoms with Crippen molar-refractivity contribution in [2.45, 2.75) is 17.8 Å². The van der Waals surface area contributed by atoms with Crippen molar-refractivity contribution in [2.75, 3.05) is 16.8 Å². The Morgan fingerprint density at radius 2 is 1.96 bits per heavy atom. The van der Waals surface area contributed by atoms with E-state index >= 15 is 0 Å². The van der Waals surface area contributed by atoms with Crippen LogP contribution in [-0.2, 0) is 16.4 Å². The van der Waals surface area contributed by atoms with Crippen LogP contribution >= 0.6 is 11.8 Å². The highest BCUT2D eigenvalue weighted by molar-refractivity contribution is 8.15. The summed E-state index contributed by atoms with van der Waals surface area (Å²) in [5.41, 5.74) is 2.00. The monoisotopic (exact) mass is 419 g/mol. The first-order valence-corrected chi connectivity index (χ1v) is 11.4. The first-order valence-electron chi connectivity index (χ1n) is 8.73. The van der Waals surface area contributed by atoms with E-state index in [1.54, 1.807) is 30.3 Å². The number of hydrogen-bond donors (Lipinski definition) is 2. The van der Waals surface area contributed by atoms with Gasteiger partial charge >= 0.3 is 0 Å². The first-order chi connectivity index (χ1) is 13.4. The lowest BCUT2D eigenvalue weighted by atomic mass is 10.1. The van der Waals surface area contributed by atoms with Crippen LogP contribution in [0.15, 0.2) is 53.5 Å². The van der Waals surface area contributed by atoms with Crippen molar-refractivity contribution in [2.24, 2.45) is 4.99 Å². The molecular weight excluding hydrogens is 401 g/mol. The Balaban J connectivity index is 1.38. The number of carbonyl (C=O) groups is 1. The van der Waals surface area contributed by atoms with E-state index in [1.807, 2.05) is 6.07 Å². The van der Waals surface area contributed by atoms with Crippen molar-refractivity contribution in [3.05, 3.63) is 65.5 Å². The van der Waals surface area contributed by atoms with Crippen LogP contribution in [-0.4, -0.2) is 42.3 Å². The number of anilines is 1. The van der Waals surface area contributed by atoms with Crippen molar-refractivity contribution in [3.63, 3.8) is 0 Å². The molecule has 0 aliphatic carbocycles. The van der Waals surface area contributed by atoms with Crippen molar-refractivity contribution in [1.29, 1.82) is 0 Å². The van der Waals surface area contributed by atoms with Crippen LogP contribution in [0.25, 0.3) is 0 Å². The maximum atomic E-state index is 12.9. The molecule has 0 aromatic heterocycles. The van der Waals surface area contributed by atoms with E-state index in [1.165, 1.54) is 23.9 Å². The summed E-state index contributed by atoms with van der Waals surface area (Å²) in [7, 11) is -2.98. The van der Waals surface area contributed by atoms with Crippen LogP contribution in [0, 0.1) is 5.82 Å². The third-order valence-electron chi connectivity index (χ3n) is 4.56. The van der Waals surface area contributed by atoms with Crippen LogP contribution in [0.4, 0.5) is 10.1 Å². The van der Waals surface area contributed by atoms with E-state index in [0.717, 1.165) is 5.56 Å². The van der Waals surface area contributed by atoms with Gasteiger partial charge in [0.25, 0.3) is 5.91 Å². The summed E-state index contributed by atoms with van der Waals surface area (Å²) in [6.45, 7) is 0.303. The van der Waals surface area contributed by atoms with Gasteiger partial charge in [0.2, 0.25) is 0 Å². The Bertz CT molecular complexity index is 1040. The zero-order valence-electron chi connectivity index (χ0n) is 14.8. The molecule has 2 atom stereocenters. The summed E-state index contributed by atoms with van der Waals surface area (Å²) in [4.78, 5) is 16.8. The van der Waals surface area contributed by atoms with Gasteiger partial charge in [-0.25, -0.2) is 12.8 Å². The van der Waals surface area contributed by atoms with E-state index in [4.69, 9.17) is 0 Å². The molecule has 0 spiro atoms. The fourth-order valence-corrected chi connectivity index (χ4v) is 6.84. The molecule has 2 aliphatic heterocycles. The zero-order valence-corrected chi connectivity index (χ0v) is 16.4. The van der Waals surface area contributed by atoms with Crippen LogP contribution in [0.5, 0.6) is 0 Å². The number of rotatable bonds is 4. The molecule has 28 heavy (non-hydrogen) atoms. The normalized spacial score (nSPS) is 22.4. The standard InChI is InChI=1S/C19H18FN3O3S2/c20-14-6-4-12(5-7-14)9-21-18(24)13-2-1-3-15(8-13)22-19-23-16-10-28(25,26)11-17(16)27-19/h1-8,16-17H,9-11H2,(H,21,24)(H,22,23)/t16-,17-/m0/s1. The SMILES string of the molecule is O=C(NCc1ccc(F)cc1)c1cccc(NC2=N[C@H]3CS(=O)(=O)C[C@@H]3S2)c1. The predicted octanol–water partition coefficient (Wildman–Crippen LogP) is 2.44. The summed E-state index contributed by atoms with van der Waals surface area (Å²) in [5.74, 6) is -0.301. The number of nitrogens with zero attached hydrogens (tertiary/aromatic N) is 1. The molecule has 0 unspecified atom stereocenters.